The molecule has 2 rings (SSSR count). The Bertz CT molecular complexity index is 514. The largest absolute Gasteiger partial charge is 0.457 e. The van der Waals surface area contributed by atoms with Crippen molar-refractivity contribution in [3.8, 4) is 0 Å². The van der Waals surface area contributed by atoms with Crippen LogP contribution < -0.4 is 0 Å². The molecule has 0 amide bonds. The topological polar surface area (TPSA) is 65.0 Å². The third kappa shape index (κ3) is 2.84. The maximum absolute atomic E-state index is 11.7. The van der Waals surface area contributed by atoms with Gasteiger partial charge in [-0.1, -0.05) is 30.3 Å². The van der Waals surface area contributed by atoms with Crippen LogP contribution in [0, 0.1) is 6.92 Å². The lowest BCUT2D eigenvalue weighted by Gasteiger charge is -2.05. The predicted octanol–water partition coefficient (Wildman–Crippen LogP) is 1.54. The zero-order chi connectivity index (χ0) is 12.1. The summed E-state index contributed by atoms with van der Waals surface area (Å²) in [6, 6.07) is 9.48. The Hall–Kier alpha value is -2.30. The van der Waals surface area contributed by atoms with E-state index in [-0.39, 0.29) is 6.61 Å². The van der Waals surface area contributed by atoms with Gasteiger partial charge in [0.05, 0.1) is 11.9 Å². The van der Waals surface area contributed by atoms with Gasteiger partial charge in [0.15, 0.2) is 0 Å². The number of esters is 1. The maximum atomic E-state index is 11.7. The molecule has 1 aromatic carbocycles. The molecule has 5 nitrogen and oxygen atoms in total. The summed E-state index contributed by atoms with van der Waals surface area (Å²) in [6.45, 7) is 1.93. The number of carbonyl (C=O) groups is 1. The molecule has 0 bridgehead atoms. The Morgan fingerprint density at radius 3 is 2.76 bits per heavy atom. The fourth-order valence-electron chi connectivity index (χ4n) is 1.33. The van der Waals surface area contributed by atoms with Gasteiger partial charge in [-0.25, -0.2) is 4.79 Å². The Morgan fingerprint density at radius 2 is 2.06 bits per heavy atom. The van der Waals surface area contributed by atoms with Gasteiger partial charge in [-0.15, -0.1) is 10.2 Å². The van der Waals surface area contributed by atoms with Crippen molar-refractivity contribution >= 4 is 5.97 Å². The van der Waals surface area contributed by atoms with Crippen molar-refractivity contribution in [2.75, 3.05) is 0 Å². The predicted molar refractivity (Wildman–Crippen MR) is 60.1 cm³/mol. The molecule has 5 heteroatoms. The highest BCUT2D eigenvalue weighted by atomic mass is 16.5. The molecule has 0 spiro atoms. The maximum Gasteiger partial charge on any atom is 0.342 e. The van der Waals surface area contributed by atoms with Gasteiger partial charge < -0.3 is 4.74 Å². The first kappa shape index (κ1) is 11.2. The SMILES string of the molecule is Cc1nnncc1C(=O)OCc1ccccc1. The van der Waals surface area contributed by atoms with E-state index in [9.17, 15) is 4.79 Å². The lowest BCUT2D eigenvalue weighted by atomic mass is 10.2. The number of nitrogens with zero attached hydrogens (tertiary/aromatic N) is 3. The highest BCUT2D eigenvalue weighted by Gasteiger charge is 2.11. The van der Waals surface area contributed by atoms with E-state index in [0.717, 1.165) is 5.56 Å². The van der Waals surface area contributed by atoms with Crippen LogP contribution in [0.5, 0.6) is 0 Å². The molecule has 1 aromatic heterocycles. The molecule has 2 aromatic rings. The van der Waals surface area contributed by atoms with Crippen molar-refractivity contribution in [3.63, 3.8) is 0 Å². The summed E-state index contributed by atoms with van der Waals surface area (Å²) in [5, 5.41) is 10.7. The number of ether oxygens (including phenoxy) is 1. The Balaban J connectivity index is 2.01. The quantitative estimate of drug-likeness (QED) is 0.747. The summed E-state index contributed by atoms with van der Waals surface area (Å²) in [5.74, 6) is -0.436. The molecule has 0 atom stereocenters. The number of hydrogen-bond donors (Lipinski definition) is 0. The van der Waals surface area contributed by atoms with Gasteiger partial charge in [0, 0.05) is 0 Å². The van der Waals surface area contributed by atoms with E-state index in [0.29, 0.717) is 11.3 Å². The minimum Gasteiger partial charge on any atom is -0.457 e. The average Bonchev–Trinajstić information content (AvgIpc) is 2.38. The third-order valence-electron chi connectivity index (χ3n) is 2.26. The minimum atomic E-state index is -0.436. The van der Waals surface area contributed by atoms with Crippen LogP contribution in [0.25, 0.3) is 0 Å². The number of aryl methyl sites for hydroxylation is 1. The lowest BCUT2D eigenvalue weighted by molar-refractivity contribution is 0.0470. The van der Waals surface area contributed by atoms with E-state index < -0.39 is 5.97 Å². The zero-order valence-electron chi connectivity index (χ0n) is 9.33. The fourth-order valence-corrected chi connectivity index (χ4v) is 1.33. The highest BCUT2D eigenvalue weighted by molar-refractivity contribution is 5.89. The summed E-state index contributed by atoms with van der Waals surface area (Å²) in [7, 11) is 0. The van der Waals surface area contributed by atoms with E-state index in [4.69, 9.17) is 4.74 Å². The van der Waals surface area contributed by atoms with E-state index >= 15 is 0 Å². The van der Waals surface area contributed by atoms with E-state index in [1.807, 2.05) is 30.3 Å². The van der Waals surface area contributed by atoms with Crippen molar-refractivity contribution in [2.45, 2.75) is 13.5 Å². The minimum absolute atomic E-state index is 0.238. The van der Waals surface area contributed by atoms with Crippen LogP contribution in [0.3, 0.4) is 0 Å². The number of rotatable bonds is 3. The second-order valence-corrected chi connectivity index (χ2v) is 3.49. The van der Waals surface area contributed by atoms with Crippen molar-refractivity contribution in [1.82, 2.24) is 15.4 Å². The average molecular weight is 229 g/mol. The molecule has 0 radical (unpaired) electrons. The zero-order valence-corrected chi connectivity index (χ0v) is 9.33. The molecule has 0 N–H and O–H groups in total. The van der Waals surface area contributed by atoms with Gasteiger partial charge in [-0.2, -0.15) is 0 Å². The smallest absolute Gasteiger partial charge is 0.342 e. The monoisotopic (exact) mass is 229 g/mol. The van der Waals surface area contributed by atoms with Gasteiger partial charge >= 0.3 is 5.97 Å². The molecular weight excluding hydrogens is 218 g/mol. The van der Waals surface area contributed by atoms with E-state index in [1.165, 1.54) is 6.20 Å². The van der Waals surface area contributed by atoms with E-state index in [2.05, 4.69) is 15.4 Å². The van der Waals surface area contributed by atoms with Crippen LogP contribution in [0.15, 0.2) is 36.5 Å². The summed E-state index contributed by atoms with van der Waals surface area (Å²) in [5.41, 5.74) is 1.79. The molecule has 86 valence electrons. The molecule has 17 heavy (non-hydrogen) atoms. The highest BCUT2D eigenvalue weighted by Crippen LogP contribution is 2.06. The number of carbonyl (C=O) groups excluding carboxylic acids is 1. The van der Waals surface area contributed by atoms with Gasteiger partial charge in [-0.05, 0) is 17.7 Å². The lowest BCUT2D eigenvalue weighted by Crippen LogP contribution is -2.09. The molecule has 0 aliphatic rings. The normalized spacial score (nSPS) is 9.94. The first-order valence-electron chi connectivity index (χ1n) is 5.13. The van der Waals surface area contributed by atoms with Crippen molar-refractivity contribution in [2.24, 2.45) is 0 Å². The van der Waals surface area contributed by atoms with Crippen LogP contribution in [0.1, 0.15) is 21.6 Å². The first-order valence-corrected chi connectivity index (χ1v) is 5.13. The first-order chi connectivity index (χ1) is 8.27. The second kappa shape index (κ2) is 5.16. The molecule has 0 aliphatic carbocycles. The second-order valence-electron chi connectivity index (χ2n) is 3.49. The van der Waals surface area contributed by atoms with Crippen LogP contribution in [0.4, 0.5) is 0 Å². The molecule has 0 fully saturated rings. The van der Waals surface area contributed by atoms with Crippen LogP contribution in [0.2, 0.25) is 0 Å². The number of benzene rings is 1. The van der Waals surface area contributed by atoms with Crippen molar-refractivity contribution < 1.29 is 9.53 Å². The van der Waals surface area contributed by atoms with Crippen LogP contribution >= 0.6 is 0 Å². The Kier molecular flexibility index (Phi) is 3.40. The van der Waals surface area contributed by atoms with E-state index in [1.54, 1.807) is 6.92 Å². The molecular formula is C12H11N3O2. The van der Waals surface area contributed by atoms with Gasteiger partial charge in [0.2, 0.25) is 0 Å². The van der Waals surface area contributed by atoms with Gasteiger partial charge in [0.1, 0.15) is 12.2 Å². The van der Waals surface area contributed by atoms with Gasteiger partial charge in [0.25, 0.3) is 0 Å². The molecule has 0 saturated heterocycles. The Morgan fingerprint density at radius 1 is 1.29 bits per heavy atom. The fraction of sp³-hybridized carbons (Fsp3) is 0.167. The summed E-state index contributed by atoms with van der Waals surface area (Å²) in [6.07, 6.45) is 1.36. The van der Waals surface area contributed by atoms with Crippen molar-refractivity contribution in [1.29, 1.82) is 0 Å². The Labute approximate surface area is 98.5 Å². The number of aromatic nitrogens is 3. The summed E-state index contributed by atoms with van der Waals surface area (Å²) >= 11 is 0. The molecule has 0 unspecified atom stereocenters. The van der Waals surface area contributed by atoms with Crippen LogP contribution in [-0.2, 0) is 11.3 Å². The summed E-state index contributed by atoms with van der Waals surface area (Å²) in [4.78, 5) is 11.7. The van der Waals surface area contributed by atoms with Gasteiger partial charge in [-0.3, -0.25) is 0 Å². The summed E-state index contributed by atoms with van der Waals surface area (Å²) < 4.78 is 5.15. The van der Waals surface area contributed by atoms with Crippen LogP contribution in [-0.4, -0.2) is 21.4 Å². The standard InChI is InChI=1S/C12H11N3O2/c1-9-11(7-13-15-14-9)12(16)17-8-10-5-3-2-4-6-10/h2-7H,8H2,1H3. The molecule has 0 saturated carbocycles. The number of hydrogen-bond acceptors (Lipinski definition) is 5. The van der Waals surface area contributed by atoms with Crippen molar-refractivity contribution in [3.05, 3.63) is 53.3 Å². The third-order valence-corrected chi connectivity index (χ3v) is 2.26. The molecule has 0 aliphatic heterocycles. The molecule has 1 heterocycles.